The SMILES string of the molecule is CCNCc1nnc(N2CCSC(C)C2C)o1. The van der Waals surface area contributed by atoms with E-state index >= 15 is 0 Å². The number of hydrogen-bond donors (Lipinski definition) is 1. The largest absolute Gasteiger partial charge is 0.407 e. The number of anilines is 1. The molecule has 2 heterocycles. The lowest BCUT2D eigenvalue weighted by molar-refractivity contribution is 0.450. The molecule has 2 atom stereocenters. The quantitative estimate of drug-likeness (QED) is 0.881. The Labute approximate surface area is 106 Å². The van der Waals surface area contributed by atoms with E-state index in [0.29, 0.717) is 29.7 Å². The summed E-state index contributed by atoms with van der Waals surface area (Å²) >= 11 is 2.00. The maximum Gasteiger partial charge on any atom is 0.318 e. The van der Waals surface area contributed by atoms with Crippen LogP contribution in [0.1, 0.15) is 26.7 Å². The highest BCUT2D eigenvalue weighted by molar-refractivity contribution is 8.00. The summed E-state index contributed by atoms with van der Waals surface area (Å²) in [5.74, 6) is 1.79. The molecule has 1 N–H and O–H groups in total. The Bertz CT molecular complexity index is 357. The number of rotatable bonds is 4. The van der Waals surface area contributed by atoms with Gasteiger partial charge in [0.1, 0.15) is 0 Å². The van der Waals surface area contributed by atoms with Crippen molar-refractivity contribution in [3.05, 3.63) is 5.89 Å². The second kappa shape index (κ2) is 5.73. The van der Waals surface area contributed by atoms with Gasteiger partial charge in [-0.15, -0.1) is 5.10 Å². The molecule has 5 nitrogen and oxygen atoms in total. The first-order valence-electron chi connectivity index (χ1n) is 6.13. The van der Waals surface area contributed by atoms with Crippen molar-refractivity contribution in [2.45, 2.75) is 38.6 Å². The Morgan fingerprint density at radius 3 is 3.06 bits per heavy atom. The van der Waals surface area contributed by atoms with Gasteiger partial charge < -0.3 is 14.6 Å². The Kier molecular flexibility index (Phi) is 4.28. The molecule has 1 aliphatic heterocycles. The van der Waals surface area contributed by atoms with Gasteiger partial charge >= 0.3 is 6.01 Å². The fraction of sp³-hybridized carbons (Fsp3) is 0.818. The topological polar surface area (TPSA) is 54.2 Å². The van der Waals surface area contributed by atoms with Gasteiger partial charge in [0.25, 0.3) is 0 Å². The van der Waals surface area contributed by atoms with Crippen molar-refractivity contribution in [3.8, 4) is 0 Å². The molecule has 2 rings (SSSR count). The molecule has 0 saturated carbocycles. The first-order valence-corrected chi connectivity index (χ1v) is 7.18. The minimum absolute atomic E-state index is 0.446. The maximum absolute atomic E-state index is 5.68. The van der Waals surface area contributed by atoms with Gasteiger partial charge in [0, 0.05) is 23.6 Å². The predicted molar refractivity (Wildman–Crippen MR) is 70.4 cm³/mol. The lowest BCUT2D eigenvalue weighted by Gasteiger charge is -2.35. The molecule has 0 spiro atoms. The molecular weight excluding hydrogens is 236 g/mol. The van der Waals surface area contributed by atoms with Crippen LogP contribution in [-0.2, 0) is 6.54 Å². The van der Waals surface area contributed by atoms with Crippen LogP contribution in [0, 0.1) is 0 Å². The predicted octanol–water partition coefficient (Wildman–Crippen LogP) is 1.51. The van der Waals surface area contributed by atoms with E-state index in [2.05, 4.69) is 41.2 Å². The fourth-order valence-corrected chi connectivity index (χ4v) is 2.97. The molecule has 17 heavy (non-hydrogen) atoms. The van der Waals surface area contributed by atoms with Crippen molar-refractivity contribution < 1.29 is 4.42 Å². The second-order valence-electron chi connectivity index (χ2n) is 4.27. The van der Waals surface area contributed by atoms with E-state index in [1.54, 1.807) is 0 Å². The third-order valence-corrected chi connectivity index (χ3v) is 4.45. The maximum atomic E-state index is 5.68. The van der Waals surface area contributed by atoms with E-state index in [9.17, 15) is 0 Å². The molecule has 1 aromatic rings. The number of nitrogens with one attached hydrogen (secondary N) is 1. The van der Waals surface area contributed by atoms with Crippen molar-refractivity contribution in [1.82, 2.24) is 15.5 Å². The minimum atomic E-state index is 0.446. The molecule has 1 aromatic heterocycles. The molecule has 1 aliphatic rings. The number of thioether (sulfide) groups is 1. The molecule has 0 radical (unpaired) electrons. The summed E-state index contributed by atoms with van der Waals surface area (Å²) in [5, 5.41) is 12.0. The van der Waals surface area contributed by atoms with Crippen LogP contribution in [0.2, 0.25) is 0 Å². The van der Waals surface area contributed by atoms with Crippen molar-refractivity contribution in [2.75, 3.05) is 23.7 Å². The lowest BCUT2D eigenvalue weighted by atomic mass is 10.2. The molecule has 1 saturated heterocycles. The Balaban J connectivity index is 2.03. The van der Waals surface area contributed by atoms with Gasteiger partial charge in [-0.25, -0.2) is 0 Å². The number of hydrogen-bond acceptors (Lipinski definition) is 6. The first kappa shape index (κ1) is 12.7. The highest BCUT2D eigenvalue weighted by Crippen LogP contribution is 2.28. The molecule has 0 amide bonds. The van der Waals surface area contributed by atoms with Gasteiger partial charge in [-0.2, -0.15) is 11.8 Å². The molecule has 2 unspecified atom stereocenters. The van der Waals surface area contributed by atoms with Crippen LogP contribution < -0.4 is 10.2 Å². The van der Waals surface area contributed by atoms with E-state index in [1.807, 2.05) is 11.8 Å². The van der Waals surface area contributed by atoms with E-state index in [-0.39, 0.29) is 0 Å². The van der Waals surface area contributed by atoms with Gasteiger partial charge in [0.2, 0.25) is 5.89 Å². The zero-order chi connectivity index (χ0) is 12.3. The smallest absolute Gasteiger partial charge is 0.318 e. The standard InChI is InChI=1S/C11H20N4OS/c1-4-12-7-10-13-14-11(16-10)15-5-6-17-9(3)8(15)2/h8-9,12H,4-7H2,1-3H3. The van der Waals surface area contributed by atoms with Gasteiger partial charge in [0.05, 0.1) is 6.54 Å². The van der Waals surface area contributed by atoms with Gasteiger partial charge in [0.15, 0.2) is 0 Å². The van der Waals surface area contributed by atoms with Crippen molar-refractivity contribution >= 4 is 17.8 Å². The van der Waals surface area contributed by atoms with Crippen molar-refractivity contribution in [1.29, 1.82) is 0 Å². The monoisotopic (exact) mass is 256 g/mol. The van der Waals surface area contributed by atoms with Crippen LogP contribution in [0.25, 0.3) is 0 Å². The van der Waals surface area contributed by atoms with Crippen LogP contribution in [0.4, 0.5) is 6.01 Å². The summed E-state index contributed by atoms with van der Waals surface area (Å²) in [6.07, 6.45) is 0. The van der Waals surface area contributed by atoms with E-state index < -0.39 is 0 Å². The van der Waals surface area contributed by atoms with E-state index in [4.69, 9.17) is 4.42 Å². The van der Waals surface area contributed by atoms with Gasteiger partial charge in [-0.1, -0.05) is 18.9 Å². The lowest BCUT2D eigenvalue weighted by Crippen LogP contribution is -2.44. The molecular formula is C11H20N4OS. The fourth-order valence-electron chi connectivity index (χ4n) is 1.87. The highest BCUT2D eigenvalue weighted by Gasteiger charge is 2.28. The molecule has 96 valence electrons. The third-order valence-electron chi connectivity index (χ3n) is 3.11. The second-order valence-corrected chi connectivity index (χ2v) is 5.75. The van der Waals surface area contributed by atoms with Crippen LogP contribution in [0.15, 0.2) is 4.42 Å². The number of aromatic nitrogens is 2. The average molecular weight is 256 g/mol. The number of nitrogens with zero attached hydrogens (tertiary/aromatic N) is 3. The molecule has 1 fully saturated rings. The van der Waals surface area contributed by atoms with Crippen LogP contribution >= 0.6 is 11.8 Å². The first-order chi connectivity index (χ1) is 8.22. The Hall–Kier alpha value is -0.750. The van der Waals surface area contributed by atoms with Crippen LogP contribution in [-0.4, -0.2) is 40.3 Å². The average Bonchev–Trinajstić information content (AvgIpc) is 2.78. The van der Waals surface area contributed by atoms with E-state index in [1.165, 1.54) is 0 Å². The summed E-state index contributed by atoms with van der Waals surface area (Å²) in [5.41, 5.74) is 0. The molecule has 0 bridgehead atoms. The molecule has 6 heteroatoms. The normalized spacial score (nSPS) is 25.2. The molecule has 0 aliphatic carbocycles. The summed E-state index contributed by atoms with van der Waals surface area (Å²) in [7, 11) is 0. The molecule has 0 aromatic carbocycles. The third kappa shape index (κ3) is 2.93. The van der Waals surface area contributed by atoms with Crippen LogP contribution in [0.3, 0.4) is 0 Å². The van der Waals surface area contributed by atoms with Crippen molar-refractivity contribution in [3.63, 3.8) is 0 Å². The summed E-state index contributed by atoms with van der Waals surface area (Å²) in [4.78, 5) is 2.21. The summed E-state index contributed by atoms with van der Waals surface area (Å²) < 4.78 is 5.68. The highest BCUT2D eigenvalue weighted by atomic mass is 32.2. The van der Waals surface area contributed by atoms with Gasteiger partial charge in [-0.05, 0) is 13.5 Å². The summed E-state index contributed by atoms with van der Waals surface area (Å²) in [6, 6.07) is 1.11. The summed E-state index contributed by atoms with van der Waals surface area (Å²) in [6.45, 7) is 9.06. The Morgan fingerprint density at radius 1 is 1.47 bits per heavy atom. The zero-order valence-corrected chi connectivity index (χ0v) is 11.5. The van der Waals surface area contributed by atoms with Crippen molar-refractivity contribution in [2.24, 2.45) is 0 Å². The van der Waals surface area contributed by atoms with Crippen LogP contribution in [0.5, 0.6) is 0 Å². The Morgan fingerprint density at radius 2 is 2.29 bits per heavy atom. The minimum Gasteiger partial charge on any atom is -0.407 e. The zero-order valence-electron chi connectivity index (χ0n) is 10.6. The van der Waals surface area contributed by atoms with E-state index in [0.717, 1.165) is 18.8 Å². The van der Waals surface area contributed by atoms with Gasteiger partial charge in [-0.3, -0.25) is 0 Å².